The van der Waals surface area contributed by atoms with Gasteiger partial charge in [0.2, 0.25) is 6.20 Å². The van der Waals surface area contributed by atoms with Crippen molar-refractivity contribution in [1.82, 2.24) is 9.13 Å². The molecule has 336 valence electrons. The van der Waals surface area contributed by atoms with E-state index >= 15 is 0 Å². The summed E-state index contributed by atoms with van der Waals surface area (Å²) in [6.07, 6.45) is 10.4. The molecule has 0 fully saturated rings. The van der Waals surface area contributed by atoms with Gasteiger partial charge >= 0.3 is 21.1 Å². The molecule has 5 heterocycles. The van der Waals surface area contributed by atoms with Crippen molar-refractivity contribution in [1.29, 1.82) is 0 Å². The number of pyridine rings is 2. The minimum Gasteiger partial charge on any atom is -0.648 e. The van der Waals surface area contributed by atoms with Crippen LogP contribution in [0, 0.1) is 26.0 Å². The second kappa shape index (κ2) is 17.9. The van der Waals surface area contributed by atoms with Gasteiger partial charge in [-0.15, -0.1) is 24.5 Å². The average Bonchev–Trinajstić information content (AvgIpc) is 4.07. The van der Waals surface area contributed by atoms with Crippen LogP contribution in [0.5, 0.6) is 0 Å². The zero-order chi connectivity index (χ0) is 45.8. The summed E-state index contributed by atoms with van der Waals surface area (Å²) in [5.74, 6) is 0. The Morgan fingerprint density at radius 3 is 1.63 bits per heavy atom. The van der Waals surface area contributed by atoms with Gasteiger partial charge in [0.05, 0.1) is 0 Å². The molecule has 8 nitrogen and oxygen atoms in total. The maximum atomic E-state index is 6.65. The fraction of sp³-hybridized carbons (Fsp3) is 0.0328. The Labute approximate surface area is 420 Å². The summed E-state index contributed by atoms with van der Waals surface area (Å²) in [5.41, 5.74) is 14.6. The summed E-state index contributed by atoms with van der Waals surface area (Å²) >= 11 is 0. The van der Waals surface area contributed by atoms with Gasteiger partial charge in [0.25, 0.3) is 0 Å². The summed E-state index contributed by atoms with van der Waals surface area (Å²) in [6.45, 7) is 4.26. The van der Waals surface area contributed by atoms with Crippen LogP contribution in [0.25, 0.3) is 71.2 Å². The zero-order valence-corrected chi connectivity index (χ0v) is 40.2. The molecule has 9 heteroatoms. The van der Waals surface area contributed by atoms with Crippen molar-refractivity contribution >= 4 is 72.0 Å². The summed E-state index contributed by atoms with van der Waals surface area (Å²) < 4.78 is 7.88. The number of rotatable bonds is 10. The second-order valence-corrected chi connectivity index (χ2v) is 17.3. The van der Waals surface area contributed by atoms with Crippen LogP contribution in [-0.2, 0) is 21.1 Å². The Morgan fingerprint density at radius 1 is 0.471 bits per heavy atom. The maximum absolute atomic E-state index is 6.65. The number of para-hydroxylation sites is 6. The predicted molar refractivity (Wildman–Crippen MR) is 276 cm³/mol. The summed E-state index contributed by atoms with van der Waals surface area (Å²) in [7, 11) is 0. The molecular weight excluding hydrogens is 1040 g/mol. The average molecular weight is 1090 g/mol. The van der Waals surface area contributed by atoms with Crippen LogP contribution in [0.3, 0.4) is 0 Å². The SMILES string of the molecule is Cc1ccc([N-]C(n2c3[c-][n+](O[n+]4[c-]c(N5[CH-]N(c6c(-c7ccccc7)cccc6-c6ccccc6)c6ccccc65)ccc4)ccc3c3ccccc32)n2c3ccccc3c3ccccc32)cc1.[Pt+4]. The smallest absolute Gasteiger partial charge is 0.648 e. The van der Waals surface area contributed by atoms with Gasteiger partial charge < -0.3 is 24.3 Å². The molecule has 0 N–H and O–H groups in total. The van der Waals surface area contributed by atoms with Gasteiger partial charge in [-0.3, -0.25) is 0 Å². The Balaban J connectivity index is 0.00000505. The number of hydrogen-bond donors (Lipinski definition) is 0. The monoisotopic (exact) mass is 1080 g/mol. The van der Waals surface area contributed by atoms with Crippen LogP contribution in [-0.4, -0.2) is 9.13 Å². The number of hydrogen-bond acceptors (Lipinski definition) is 3. The van der Waals surface area contributed by atoms with E-state index in [0.717, 1.165) is 83.5 Å². The standard InChI is InChI=1S/C61H43N7O.Pt/c1-43-33-35-46(36-34-43)62-61(67-54-28-11-8-23-50(54)51-24-9-12-29-55(51)67)68-56-30-13-10-25-52(56)53-37-39-64(41-59(53)68)69-63-38-17-22-47(40-63)65-42-66(58-32-15-14-31-57(58)65)60-48(44-18-4-2-5-19-44)26-16-27-49(60)45-20-6-3-7-21-45;/h2-39,42,61H,1H3;/q-2;+4. The van der Waals surface area contributed by atoms with E-state index in [0.29, 0.717) is 0 Å². The molecule has 70 heavy (non-hydrogen) atoms. The number of nitrogens with zero attached hydrogens (tertiary/aromatic N) is 7. The van der Waals surface area contributed by atoms with Gasteiger partial charge in [-0.05, 0) is 73.9 Å². The topological polar surface area (TPSA) is 47.4 Å². The van der Waals surface area contributed by atoms with Crippen molar-refractivity contribution in [2.45, 2.75) is 13.2 Å². The Kier molecular flexibility index (Phi) is 11.0. The number of benzene rings is 8. The molecule has 0 amide bonds. The van der Waals surface area contributed by atoms with Crippen LogP contribution in [0.1, 0.15) is 11.9 Å². The normalized spacial score (nSPS) is 12.6. The second-order valence-electron chi connectivity index (χ2n) is 17.3. The summed E-state index contributed by atoms with van der Waals surface area (Å²) in [4.78, 5) is 11.1. The molecule has 0 spiro atoms. The van der Waals surface area contributed by atoms with Crippen molar-refractivity contribution < 1.29 is 35.5 Å². The van der Waals surface area contributed by atoms with Crippen LogP contribution in [0.2, 0.25) is 0 Å². The van der Waals surface area contributed by atoms with E-state index < -0.39 is 6.29 Å². The first kappa shape index (κ1) is 42.9. The molecule has 0 radical (unpaired) electrons. The van der Waals surface area contributed by atoms with Crippen LogP contribution < -0.4 is 24.2 Å². The molecular formula is C61H43N7OPt+2. The van der Waals surface area contributed by atoms with Gasteiger partial charge in [-0.25, -0.2) is 0 Å². The van der Waals surface area contributed by atoms with Crippen LogP contribution in [0.4, 0.5) is 28.4 Å². The summed E-state index contributed by atoms with van der Waals surface area (Å²) in [5, 5.41) is 10.1. The van der Waals surface area contributed by atoms with Crippen molar-refractivity contribution in [3.8, 4) is 22.3 Å². The van der Waals surface area contributed by atoms with Gasteiger partial charge in [0, 0.05) is 67.3 Å². The predicted octanol–water partition coefficient (Wildman–Crippen LogP) is 13.7. The largest absolute Gasteiger partial charge is 4.00 e. The maximum Gasteiger partial charge on any atom is 4.00 e. The molecule has 13 rings (SSSR count). The Bertz CT molecular complexity index is 3760. The first-order valence-corrected chi connectivity index (χ1v) is 23.2. The van der Waals surface area contributed by atoms with Gasteiger partial charge in [0.15, 0.2) is 6.20 Å². The minimum absolute atomic E-state index is 0. The van der Waals surface area contributed by atoms with Gasteiger partial charge in [0.1, 0.15) is 12.4 Å². The van der Waals surface area contributed by atoms with Crippen molar-refractivity contribution in [2.24, 2.45) is 0 Å². The molecule has 12 aromatic rings. The molecule has 4 aromatic heterocycles. The molecule has 0 saturated heterocycles. The van der Waals surface area contributed by atoms with E-state index in [1.54, 1.807) is 9.46 Å². The fourth-order valence-corrected chi connectivity index (χ4v) is 10.0. The number of aryl methyl sites for hydroxylation is 1. The number of anilines is 4. The number of fused-ring (bicyclic) bond motifs is 7. The third kappa shape index (κ3) is 7.36. The van der Waals surface area contributed by atoms with Gasteiger partial charge in [-0.2, -0.15) is 0 Å². The van der Waals surface area contributed by atoms with E-state index in [1.807, 2.05) is 18.5 Å². The van der Waals surface area contributed by atoms with E-state index in [1.165, 1.54) is 16.3 Å². The zero-order valence-electron chi connectivity index (χ0n) is 37.9. The molecule has 1 aliphatic heterocycles. The van der Waals surface area contributed by atoms with Crippen LogP contribution >= 0.6 is 0 Å². The van der Waals surface area contributed by atoms with E-state index in [2.05, 4.69) is 257 Å². The minimum atomic E-state index is -0.530. The quantitative estimate of drug-likeness (QED) is 0.101. The van der Waals surface area contributed by atoms with E-state index in [9.17, 15) is 0 Å². The third-order valence-electron chi connectivity index (χ3n) is 13.1. The first-order valence-electron chi connectivity index (χ1n) is 23.2. The Morgan fingerprint density at radius 2 is 1.00 bits per heavy atom. The molecule has 0 bridgehead atoms. The molecule has 1 aliphatic rings. The van der Waals surface area contributed by atoms with Crippen LogP contribution in [0.15, 0.2) is 231 Å². The van der Waals surface area contributed by atoms with E-state index in [-0.39, 0.29) is 21.1 Å². The molecule has 1 atom stereocenters. The number of aromatic nitrogens is 4. The van der Waals surface area contributed by atoms with Crippen molar-refractivity contribution in [3.63, 3.8) is 0 Å². The molecule has 0 saturated carbocycles. The Hall–Kier alpha value is -8.45. The third-order valence-corrected chi connectivity index (χ3v) is 13.1. The summed E-state index contributed by atoms with van der Waals surface area (Å²) in [6, 6.07) is 76.5. The van der Waals surface area contributed by atoms with Gasteiger partial charge in [-0.1, -0.05) is 187 Å². The molecule has 8 aromatic carbocycles. The van der Waals surface area contributed by atoms with E-state index in [4.69, 9.17) is 10.3 Å². The molecule has 1 unspecified atom stereocenters. The van der Waals surface area contributed by atoms with Crippen molar-refractivity contribution in [2.75, 3.05) is 9.80 Å². The van der Waals surface area contributed by atoms with Crippen molar-refractivity contribution in [3.05, 3.63) is 261 Å². The fourth-order valence-electron chi connectivity index (χ4n) is 10.0. The first-order chi connectivity index (χ1) is 34.1. The molecule has 0 aliphatic carbocycles.